The van der Waals surface area contributed by atoms with E-state index >= 15 is 0 Å². The molecule has 2 aliphatic heterocycles. The fourth-order valence-corrected chi connectivity index (χ4v) is 3.79. The molecule has 0 aromatic heterocycles. The fourth-order valence-electron chi connectivity index (χ4n) is 3.79. The van der Waals surface area contributed by atoms with Crippen LogP contribution in [0.15, 0.2) is 23.4 Å². The minimum atomic E-state index is 0.324. The molecule has 2 saturated heterocycles. The van der Waals surface area contributed by atoms with Crippen molar-refractivity contribution < 1.29 is 4.79 Å². The third-order valence-corrected chi connectivity index (χ3v) is 5.63. The molecule has 0 aromatic carbocycles. The average Bonchev–Trinajstić information content (AvgIpc) is 2.40. The van der Waals surface area contributed by atoms with Gasteiger partial charge < -0.3 is 10.2 Å². The normalized spacial score (nSPS) is 29.6. The standard InChI is InChI=1S/C17H26N2O/c1-12(2)14-8-15(13(3)16(20)9-14)19-6-4-17(5-7-19)10-18-11-17/h14,18H,1,4-11H2,2-3H3. The molecule has 3 rings (SSSR count). The van der Waals surface area contributed by atoms with Gasteiger partial charge in [-0.25, -0.2) is 0 Å². The molecule has 20 heavy (non-hydrogen) atoms. The number of hydrogen-bond acceptors (Lipinski definition) is 3. The Labute approximate surface area is 122 Å². The Morgan fingerprint density at radius 1 is 1.30 bits per heavy atom. The molecule has 1 N–H and O–H groups in total. The van der Waals surface area contributed by atoms with Crippen LogP contribution < -0.4 is 5.32 Å². The van der Waals surface area contributed by atoms with Crippen molar-refractivity contribution in [2.75, 3.05) is 26.2 Å². The van der Waals surface area contributed by atoms with Crippen LogP contribution in [0.25, 0.3) is 0 Å². The Hall–Kier alpha value is -1.09. The molecule has 3 heteroatoms. The molecule has 0 radical (unpaired) electrons. The van der Waals surface area contributed by atoms with Gasteiger partial charge in [0.1, 0.15) is 0 Å². The molecule has 1 atom stereocenters. The van der Waals surface area contributed by atoms with Crippen molar-refractivity contribution in [3.8, 4) is 0 Å². The third kappa shape index (κ3) is 2.32. The Morgan fingerprint density at radius 3 is 2.45 bits per heavy atom. The Balaban J connectivity index is 1.73. The number of nitrogens with zero attached hydrogens (tertiary/aromatic N) is 1. The first-order valence-electron chi connectivity index (χ1n) is 7.85. The highest BCUT2D eigenvalue weighted by atomic mass is 16.1. The molecular formula is C17H26N2O. The first-order valence-corrected chi connectivity index (χ1v) is 7.85. The van der Waals surface area contributed by atoms with Crippen molar-refractivity contribution in [2.45, 2.75) is 39.5 Å². The van der Waals surface area contributed by atoms with Gasteiger partial charge in [0.2, 0.25) is 0 Å². The van der Waals surface area contributed by atoms with Crippen LogP contribution in [-0.4, -0.2) is 36.9 Å². The second-order valence-electron chi connectivity index (χ2n) is 7.04. The fraction of sp³-hybridized carbons (Fsp3) is 0.706. The van der Waals surface area contributed by atoms with Gasteiger partial charge in [0, 0.05) is 43.9 Å². The first-order chi connectivity index (χ1) is 9.51. The summed E-state index contributed by atoms with van der Waals surface area (Å²) in [5.74, 6) is 0.673. The first kappa shape index (κ1) is 13.9. The minimum absolute atomic E-state index is 0.324. The van der Waals surface area contributed by atoms with Crippen molar-refractivity contribution in [3.63, 3.8) is 0 Å². The molecule has 1 spiro atoms. The lowest BCUT2D eigenvalue weighted by molar-refractivity contribution is -0.116. The SMILES string of the molecule is C=C(C)C1CC(=O)C(C)=C(N2CCC3(CC2)CNC3)C1. The lowest BCUT2D eigenvalue weighted by Gasteiger charge is -2.50. The number of ketones is 1. The van der Waals surface area contributed by atoms with E-state index in [9.17, 15) is 4.79 Å². The molecule has 0 saturated carbocycles. The van der Waals surface area contributed by atoms with Crippen LogP contribution in [-0.2, 0) is 4.79 Å². The highest BCUT2D eigenvalue weighted by Gasteiger charge is 2.40. The predicted octanol–water partition coefficient (Wildman–Crippen LogP) is 2.50. The van der Waals surface area contributed by atoms with Crippen LogP contribution in [0.3, 0.4) is 0 Å². The Bertz CT molecular complexity index is 463. The quantitative estimate of drug-likeness (QED) is 0.785. The molecule has 0 amide bonds. The Morgan fingerprint density at radius 2 is 1.95 bits per heavy atom. The Kier molecular flexibility index (Phi) is 3.49. The number of piperidine rings is 1. The summed E-state index contributed by atoms with van der Waals surface area (Å²) >= 11 is 0. The number of carbonyl (C=O) groups excluding carboxylic acids is 1. The molecule has 1 aliphatic carbocycles. The highest BCUT2D eigenvalue weighted by Crippen LogP contribution is 2.39. The number of rotatable bonds is 2. The zero-order valence-corrected chi connectivity index (χ0v) is 12.8. The molecule has 2 heterocycles. The van der Waals surface area contributed by atoms with Gasteiger partial charge in [0.15, 0.2) is 5.78 Å². The summed E-state index contributed by atoms with van der Waals surface area (Å²) < 4.78 is 0. The zero-order chi connectivity index (χ0) is 14.3. The highest BCUT2D eigenvalue weighted by molar-refractivity contribution is 5.96. The monoisotopic (exact) mass is 274 g/mol. The second kappa shape index (κ2) is 5.03. The molecular weight excluding hydrogens is 248 g/mol. The van der Waals surface area contributed by atoms with Gasteiger partial charge in [-0.1, -0.05) is 12.2 Å². The maximum absolute atomic E-state index is 12.2. The van der Waals surface area contributed by atoms with E-state index in [2.05, 4.69) is 23.7 Å². The molecule has 3 nitrogen and oxygen atoms in total. The third-order valence-electron chi connectivity index (χ3n) is 5.63. The van der Waals surface area contributed by atoms with E-state index in [-0.39, 0.29) is 0 Å². The molecule has 1 unspecified atom stereocenters. The topological polar surface area (TPSA) is 32.3 Å². The summed E-state index contributed by atoms with van der Waals surface area (Å²) in [4.78, 5) is 14.7. The van der Waals surface area contributed by atoms with Crippen LogP contribution in [0.2, 0.25) is 0 Å². The maximum Gasteiger partial charge on any atom is 0.160 e. The number of nitrogens with one attached hydrogen (secondary N) is 1. The van der Waals surface area contributed by atoms with Gasteiger partial charge in [-0.05, 0) is 44.4 Å². The van der Waals surface area contributed by atoms with E-state index in [4.69, 9.17) is 0 Å². The van der Waals surface area contributed by atoms with Gasteiger partial charge in [-0.15, -0.1) is 0 Å². The van der Waals surface area contributed by atoms with Gasteiger partial charge in [-0.2, -0.15) is 0 Å². The van der Waals surface area contributed by atoms with Crippen LogP contribution in [0.1, 0.15) is 39.5 Å². The number of Topliss-reactive ketones (excluding diaryl/α,β-unsaturated/α-hetero) is 1. The molecule has 0 bridgehead atoms. The van der Waals surface area contributed by atoms with Gasteiger partial charge >= 0.3 is 0 Å². The lowest BCUT2D eigenvalue weighted by Crippen LogP contribution is -2.58. The van der Waals surface area contributed by atoms with E-state index < -0.39 is 0 Å². The maximum atomic E-state index is 12.2. The van der Waals surface area contributed by atoms with Crippen LogP contribution in [0, 0.1) is 11.3 Å². The van der Waals surface area contributed by atoms with E-state index in [1.165, 1.54) is 31.6 Å². The summed E-state index contributed by atoms with van der Waals surface area (Å²) in [6.07, 6.45) is 4.20. The van der Waals surface area contributed by atoms with Crippen LogP contribution in [0.5, 0.6) is 0 Å². The number of allylic oxidation sites excluding steroid dienone is 3. The number of hydrogen-bond donors (Lipinski definition) is 1. The zero-order valence-electron chi connectivity index (χ0n) is 12.8. The average molecular weight is 274 g/mol. The summed E-state index contributed by atoms with van der Waals surface area (Å²) in [6.45, 7) is 12.7. The van der Waals surface area contributed by atoms with Crippen molar-refractivity contribution in [2.24, 2.45) is 11.3 Å². The summed E-state index contributed by atoms with van der Waals surface area (Å²) in [7, 11) is 0. The van der Waals surface area contributed by atoms with Gasteiger partial charge in [0.25, 0.3) is 0 Å². The van der Waals surface area contributed by atoms with E-state index in [1.54, 1.807) is 0 Å². The van der Waals surface area contributed by atoms with Crippen molar-refractivity contribution in [1.82, 2.24) is 10.2 Å². The smallest absolute Gasteiger partial charge is 0.160 e. The molecule has 3 aliphatic rings. The van der Waals surface area contributed by atoms with E-state index in [0.29, 0.717) is 23.5 Å². The second-order valence-corrected chi connectivity index (χ2v) is 7.04. The van der Waals surface area contributed by atoms with Crippen molar-refractivity contribution in [1.29, 1.82) is 0 Å². The van der Waals surface area contributed by atoms with E-state index in [0.717, 1.165) is 30.7 Å². The number of carbonyl (C=O) groups is 1. The largest absolute Gasteiger partial charge is 0.374 e. The van der Waals surface area contributed by atoms with E-state index in [1.807, 2.05) is 6.92 Å². The molecule has 2 fully saturated rings. The van der Waals surface area contributed by atoms with Crippen LogP contribution >= 0.6 is 0 Å². The summed E-state index contributed by atoms with van der Waals surface area (Å²) in [5.41, 5.74) is 4.03. The van der Waals surface area contributed by atoms with Crippen LogP contribution in [0.4, 0.5) is 0 Å². The van der Waals surface area contributed by atoms with Gasteiger partial charge in [0.05, 0.1) is 0 Å². The van der Waals surface area contributed by atoms with Crippen molar-refractivity contribution in [3.05, 3.63) is 23.4 Å². The minimum Gasteiger partial charge on any atom is -0.374 e. The molecule has 110 valence electrons. The van der Waals surface area contributed by atoms with Gasteiger partial charge in [-0.3, -0.25) is 4.79 Å². The molecule has 0 aromatic rings. The van der Waals surface area contributed by atoms with Crippen molar-refractivity contribution >= 4 is 5.78 Å². The number of likely N-dealkylation sites (tertiary alicyclic amines) is 1. The predicted molar refractivity (Wildman–Crippen MR) is 81.4 cm³/mol. The summed E-state index contributed by atoms with van der Waals surface area (Å²) in [6, 6.07) is 0. The lowest BCUT2D eigenvalue weighted by atomic mass is 9.73. The summed E-state index contributed by atoms with van der Waals surface area (Å²) in [5, 5.41) is 3.41.